The van der Waals surface area contributed by atoms with E-state index >= 15 is 0 Å². The Bertz CT molecular complexity index is 883. The first-order chi connectivity index (χ1) is 14.2. The molecule has 8 heteroatoms. The van der Waals surface area contributed by atoms with E-state index in [-0.39, 0.29) is 35.1 Å². The van der Waals surface area contributed by atoms with Crippen molar-refractivity contribution in [3.05, 3.63) is 29.3 Å². The Hall–Kier alpha value is -1.93. The number of piperidine rings is 2. The SMILES string of the molecule is Cc1ccc(C(=O)OCC(=O)N2[C@H](C)CCC[C@@H]2C)cc1S(=O)(=O)N1CCCCC1. The number of esters is 1. The van der Waals surface area contributed by atoms with Crippen LogP contribution < -0.4 is 0 Å². The summed E-state index contributed by atoms with van der Waals surface area (Å²) in [6.45, 7) is 6.39. The van der Waals surface area contributed by atoms with E-state index in [4.69, 9.17) is 4.74 Å². The van der Waals surface area contributed by atoms with Crippen molar-refractivity contribution in [3.63, 3.8) is 0 Å². The maximum Gasteiger partial charge on any atom is 0.338 e. The molecule has 1 amide bonds. The van der Waals surface area contributed by atoms with Gasteiger partial charge in [-0.15, -0.1) is 0 Å². The minimum atomic E-state index is -3.66. The molecule has 1 aromatic carbocycles. The second-order valence-corrected chi connectivity index (χ2v) is 10.4. The highest BCUT2D eigenvalue weighted by Crippen LogP contribution is 2.25. The van der Waals surface area contributed by atoms with Crippen LogP contribution in [-0.4, -0.2) is 61.3 Å². The van der Waals surface area contributed by atoms with Crippen LogP contribution in [-0.2, 0) is 19.6 Å². The number of aryl methyl sites for hydroxylation is 1. The van der Waals surface area contributed by atoms with Crippen molar-refractivity contribution < 1.29 is 22.7 Å². The fourth-order valence-corrected chi connectivity index (χ4v) is 6.22. The number of carbonyl (C=O) groups is 2. The first kappa shape index (κ1) is 22.7. The minimum absolute atomic E-state index is 0.126. The molecule has 2 aliphatic heterocycles. The van der Waals surface area contributed by atoms with Crippen LogP contribution in [0.4, 0.5) is 0 Å². The fraction of sp³-hybridized carbons (Fsp3) is 0.636. The minimum Gasteiger partial charge on any atom is -0.452 e. The molecule has 2 atom stereocenters. The van der Waals surface area contributed by atoms with Crippen LogP contribution in [0.15, 0.2) is 23.1 Å². The Kier molecular flexibility index (Phi) is 7.18. The van der Waals surface area contributed by atoms with Crippen LogP contribution in [0.1, 0.15) is 68.3 Å². The normalized spacial score (nSPS) is 23.2. The molecule has 0 unspecified atom stereocenters. The molecule has 30 heavy (non-hydrogen) atoms. The zero-order valence-corrected chi connectivity index (χ0v) is 18.9. The predicted molar refractivity (Wildman–Crippen MR) is 114 cm³/mol. The quantitative estimate of drug-likeness (QED) is 0.662. The number of rotatable bonds is 5. The molecule has 0 aliphatic carbocycles. The molecular formula is C22H32N2O5S. The summed E-state index contributed by atoms with van der Waals surface area (Å²) >= 11 is 0. The van der Waals surface area contributed by atoms with Crippen LogP contribution in [0.3, 0.4) is 0 Å². The molecule has 2 saturated heterocycles. The summed E-state index contributed by atoms with van der Waals surface area (Å²) < 4.78 is 32.8. The predicted octanol–water partition coefficient (Wildman–Crippen LogP) is 3.12. The van der Waals surface area contributed by atoms with Gasteiger partial charge in [0.25, 0.3) is 5.91 Å². The number of sulfonamides is 1. The van der Waals surface area contributed by atoms with Gasteiger partial charge in [0.15, 0.2) is 6.61 Å². The third kappa shape index (κ3) is 4.86. The van der Waals surface area contributed by atoms with E-state index < -0.39 is 16.0 Å². The highest BCUT2D eigenvalue weighted by atomic mass is 32.2. The maximum absolute atomic E-state index is 13.0. The van der Waals surface area contributed by atoms with Crippen LogP contribution >= 0.6 is 0 Å². The Morgan fingerprint density at radius 2 is 1.67 bits per heavy atom. The number of nitrogens with zero attached hydrogens (tertiary/aromatic N) is 2. The largest absolute Gasteiger partial charge is 0.452 e. The first-order valence-corrected chi connectivity index (χ1v) is 12.2. The van der Waals surface area contributed by atoms with E-state index in [2.05, 4.69) is 0 Å². The van der Waals surface area contributed by atoms with E-state index in [0.29, 0.717) is 18.7 Å². The van der Waals surface area contributed by atoms with Crippen LogP contribution in [0.5, 0.6) is 0 Å². The summed E-state index contributed by atoms with van der Waals surface area (Å²) in [6.07, 6.45) is 5.69. The van der Waals surface area contributed by atoms with Crippen LogP contribution in [0, 0.1) is 6.92 Å². The summed E-state index contributed by atoms with van der Waals surface area (Å²) in [5.41, 5.74) is 0.730. The molecular weight excluding hydrogens is 404 g/mol. The van der Waals surface area contributed by atoms with Gasteiger partial charge in [0.05, 0.1) is 10.5 Å². The number of ether oxygens (including phenoxy) is 1. The smallest absolute Gasteiger partial charge is 0.338 e. The summed E-state index contributed by atoms with van der Waals surface area (Å²) in [7, 11) is -3.66. The summed E-state index contributed by atoms with van der Waals surface area (Å²) in [6, 6.07) is 4.78. The molecule has 2 fully saturated rings. The second kappa shape index (κ2) is 9.47. The van der Waals surface area contributed by atoms with Gasteiger partial charge in [0.2, 0.25) is 10.0 Å². The van der Waals surface area contributed by atoms with Gasteiger partial charge in [-0.1, -0.05) is 12.5 Å². The van der Waals surface area contributed by atoms with Crippen molar-refractivity contribution in [1.29, 1.82) is 0 Å². The topological polar surface area (TPSA) is 84.0 Å². The van der Waals surface area contributed by atoms with E-state index in [1.807, 2.05) is 13.8 Å². The molecule has 2 aliphatic rings. The Morgan fingerprint density at radius 1 is 1.03 bits per heavy atom. The average Bonchev–Trinajstić information content (AvgIpc) is 2.72. The summed E-state index contributed by atoms with van der Waals surface area (Å²) in [4.78, 5) is 27.1. The molecule has 0 radical (unpaired) electrons. The van der Waals surface area contributed by atoms with Gasteiger partial charge in [-0.25, -0.2) is 13.2 Å². The van der Waals surface area contributed by atoms with Gasteiger partial charge in [-0.3, -0.25) is 4.79 Å². The van der Waals surface area contributed by atoms with E-state index in [0.717, 1.165) is 38.5 Å². The summed E-state index contributed by atoms with van der Waals surface area (Å²) in [5.74, 6) is -0.896. The number of hydrogen-bond donors (Lipinski definition) is 0. The molecule has 2 heterocycles. The van der Waals surface area contributed by atoms with Crippen molar-refractivity contribution in [3.8, 4) is 0 Å². The molecule has 0 spiro atoms. The maximum atomic E-state index is 13.0. The lowest BCUT2D eigenvalue weighted by molar-refractivity contribution is -0.140. The van der Waals surface area contributed by atoms with Gasteiger partial charge in [-0.05, 0) is 70.6 Å². The van der Waals surface area contributed by atoms with Crippen molar-refractivity contribution in [2.45, 2.75) is 76.3 Å². The molecule has 7 nitrogen and oxygen atoms in total. The average molecular weight is 437 g/mol. The molecule has 166 valence electrons. The van der Waals surface area contributed by atoms with E-state index in [9.17, 15) is 18.0 Å². The zero-order valence-electron chi connectivity index (χ0n) is 18.1. The van der Waals surface area contributed by atoms with Crippen molar-refractivity contribution in [1.82, 2.24) is 9.21 Å². The van der Waals surface area contributed by atoms with Crippen molar-refractivity contribution >= 4 is 21.9 Å². The molecule has 0 saturated carbocycles. The van der Waals surface area contributed by atoms with Gasteiger partial charge >= 0.3 is 5.97 Å². The number of benzene rings is 1. The second-order valence-electron chi connectivity index (χ2n) is 8.45. The Morgan fingerprint density at radius 3 is 2.30 bits per heavy atom. The molecule has 0 N–H and O–H groups in total. The lowest BCUT2D eigenvalue weighted by Crippen LogP contribution is -2.49. The summed E-state index contributed by atoms with van der Waals surface area (Å²) in [5, 5.41) is 0. The Balaban J connectivity index is 1.71. The van der Waals surface area contributed by atoms with Gasteiger partial charge < -0.3 is 9.64 Å². The molecule has 0 bridgehead atoms. The highest BCUT2D eigenvalue weighted by Gasteiger charge is 2.30. The standard InChI is InChI=1S/C22H32N2O5S/c1-16-10-11-19(14-20(16)30(27,28)23-12-5-4-6-13-23)22(26)29-15-21(25)24-17(2)8-7-9-18(24)3/h10-11,14,17-18H,4-9,12-13,15H2,1-3H3/t17-,18+. The number of hydrogen-bond acceptors (Lipinski definition) is 5. The van der Waals surface area contributed by atoms with Crippen LogP contribution in [0.2, 0.25) is 0 Å². The lowest BCUT2D eigenvalue weighted by Gasteiger charge is -2.38. The number of likely N-dealkylation sites (tertiary alicyclic amines) is 1. The van der Waals surface area contributed by atoms with Gasteiger partial charge in [0, 0.05) is 25.2 Å². The monoisotopic (exact) mass is 436 g/mol. The third-order valence-corrected chi connectivity index (χ3v) is 8.21. The van der Waals surface area contributed by atoms with E-state index in [1.165, 1.54) is 10.4 Å². The van der Waals surface area contributed by atoms with Gasteiger partial charge in [-0.2, -0.15) is 4.31 Å². The lowest BCUT2D eigenvalue weighted by atomic mass is 9.97. The van der Waals surface area contributed by atoms with Crippen LogP contribution in [0.25, 0.3) is 0 Å². The third-order valence-electron chi connectivity index (χ3n) is 6.16. The molecule has 0 aromatic heterocycles. The van der Waals surface area contributed by atoms with Gasteiger partial charge in [0.1, 0.15) is 0 Å². The highest BCUT2D eigenvalue weighted by molar-refractivity contribution is 7.89. The number of carbonyl (C=O) groups excluding carboxylic acids is 2. The first-order valence-electron chi connectivity index (χ1n) is 10.8. The van der Waals surface area contributed by atoms with E-state index in [1.54, 1.807) is 24.0 Å². The van der Waals surface area contributed by atoms with Crippen molar-refractivity contribution in [2.24, 2.45) is 0 Å². The Labute approximate surface area is 179 Å². The van der Waals surface area contributed by atoms with Crippen molar-refractivity contribution in [2.75, 3.05) is 19.7 Å². The zero-order chi connectivity index (χ0) is 21.9. The fourth-order valence-electron chi connectivity index (χ4n) is 4.45. The molecule has 3 rings (SSSR count). The number of amides is 1. The molecule has 1 aromatic rings.